The highest BCUT2D eigenvalue weighted by atomic mass is 16.7. The monoisotopic (exact) mass is 492 g/mol. The van der Waals surface area contributed by atoms with Crippen molar-refractivity contribution < 1.29 is 54.0 Å². The fraction of sp³-hybridized carbons (Fsp3) is 0.348. The van der Waals surface area contributed by atoms with Crippen molar-refractivity contribution in [3.63, 3.8) is 0 Å². The summed E-state index contributed by atoms with van der Waals surface area (Å²) >= 11 is 0. The minimum absolute atomic E-state index is 0.0588. The largest absolute Gasteiger partial charge is 0.507 e. The molecular formula is C23H24O12. The Morgan fingerprint density at radius 1 is 0.914 bits per heavy atom. The van der Waals surface area contributed by atoms with Crippen LogP contribution < -0.4 is 19.6 Å². The van der Waals surface area contributed by atoms with Crippen molar-refractivity contribution in [2.24, 2.45) is 0 Å². The van der Waals surface area contributed by atoms with Crippen LogP contribution in [0.2, 0.25) is 0 Å². The molecule has 3 aromatic rings. The summed E-state index contributed by atoms with van der Waals surface area (Å²) in [5.74, 6) is -0.615. The first-order valence-corrected chi connectivity index (χ1v) is 10.4. The predicted molar refractivity (Wildman–Crippen MR) is 119 cm³/mol. The maximum absolute atomic E-state index is 12.8. The minimum atomic E-state index is -1.68. The van der Waals surface area contributed by atoms with Crippen LogP contribution in [0, 0.1) is 0 Å². The molecule has 5 atom stereocenters. The third-order valence-electron chi connectivity index (χ3n) is 5.65. The number of aliphatic hydroxyl groups excluding tert-OH is 4. The average molecular weight is 492 g/mol. The number of rotatable bonds is 6. The number of hydrogen-bond acceptors (Lipinski definition) is 12. The molecule has 2 heterocycles. The van der Waals surface area contributed by atoms with Crippen LogP contribution in [-0.2, 0) is 4.74 Å². The third-order valence-corrected chi connectivity index (χ3v) is 5.65. The highest BCUT2D eigenvalue weighted by Gasteiger charge is 2.44. The van der Waals surface area contributed by atoms with Crippen LogP contribution in [0.5, 0.6) is 28.7 Å². The number of methoxy groups -OCH3 is 2. The number of phenols is 2. The van der Waals surface area contributed by atoms with Crippen LogP contribution in [0.15, 0.2) is 39.5 Å². The normalized spacial score (nSPS) is 24.3. The van der Waals surface area contributed by atoms with Crippen molar-refractivity contribution in [3.8, 4) is 40.1 Å². The molecular weight excluding hydrogens is 468 g/mol. The highest BCUT2D eigenvalue weighted by molar-refractivity contribution is 5.86. The Morgan fingerprint density at radius 3 is 2.17 bits per heavy atom. The zero-order valence-corrected chi connectivity index (χ0v) is 18.6. The van der Waals surface area contributed by atoms with Gasteiger partial charge in [0.15, 0.2) is 16.9 Å². The van der Waals surface area contributed by atoms with E-state index in [9.17, 15) is 35.4 Å². The zero-order valence-electron chi connectivity index (χ0n) is 18.6. The molecule has 4 rings (SSSR count). The van der Waals surface area contributed by atoms with Gasteiger partial charge in [0.1, 0.15) is 52.6 Å². The molecule has 1 aliphatic rings. The van der Waals surface area contributed by atoms with E-state index in [1.54, 1.807) is 0 Å². The summed E-state index contributed by atoms with van der Waals surface area (Å²) in [4.78, 5) is 12.8. The summed E-state index contributed by atoms with van der Waals surface area (Å²) in [5, 5.41) is 59.8. The van der Waals surface area contributed by atoms with E-state index in [2.05, 4.69) is 0 Å². The first kappa shape index (κ1) is 24.6. The predicted octanol–water partition coefficient (Wildman–Crippen LogP) is 0.0671. The van der Waals surface area contributed by atoms with Gasteiger partial charge < -0.3 is 54.0 Å². The van der Waals surface area contributed by atoms with Gasteiger partial charge in [0.05, 0.1) is 20.8 Å². The van der Waals surface area contributed by atoms with Gasteiger partial charge in [0.25, 0.3) is 0 Å². The molecule has 0 amide bonds. The molecule has 0 spiro atoms. The fourth-order valence-corrected chi connectivity index (χ4v) is 3.79. The smallest absolute Gasteiger partial charge is 0.229 e. The summed E-state index contributed by atoms with van der Waals surface area (Å²) in [6.07, 6.45) is -7.62. The Hall–Kier alpha value is -3.55. The molecule has 35 heavy (non-hydrogen) atoms. The van der Waals surface area contributed by atoms with Gasteiger partial charge in [-0.05, 0) is 12.1 Å². The molecule has 0 aliphatic carbocycles. The maximum Gasteiger partial charge on any atom is 0.229 e. The summed E-state index contributed by atoms with van der Waals surface area (Å²) < 4.78 is 26.9. The highest BCUT2D eigenvalue weighted by Crippen LogP contribution is 2.41. The van der Waals surface area contributed by atoms with E-state index in [0.717, 1.165) is 12.1 Å². The number of aromatic hydroxyl groups is 2. The average Bonchev–Trinajstić information content (AvgIpc) is 2.84. The molecule has 0 saturated carbocycles. The summed E-state index contributed by atoms with van der Waals surface area (Å²) in [6, 6.07) is 6.35. The first-order valence-electron chi connectivity index (χ1n) is 10.4. The first-order chi connectivity index (χ1) is 16.7. The number of fused-ring (bicyclic) bond motifs is 1. The molecule has 1 saturated heterocycles. The summed E-state index contributed by atoms with van der Waals surface area (Å²) in [5.41, 5.74) is -0.336. The Kier molecular flexibility index (Phi) is 6.74. The van der Waals surface area contributed by atoms with Crippen molar-refractivity contribution in [2.75, 3.05) is 20.8 Å². The van der Waals surface area contributed by atoms with Crippen molar-refractivity contribution in [1.82, 2.24) is 0 Å². The number of hydrogen-bond donors (Lipinski definition) is 6. The SMILES string of the molecule is COc1cc(-c2cc(=O)c3c(O)cc(O[C@@H]4OC(CO)[C@@H](O)[C@H](O)C4O)cc3o2)cc(OC)c1O. The summed E-state index contributed by atoms with van der Waals surface area (Å²) in [7, 11) is 2.69. The third kappa shape index (κ3) is 4.45. The second kappa shape index (κ2) is 9.60. The molecule has 6 N–H and O–H groups in total. The number of ether oxygens (including phenoxy) is 4. The van der Waals surface area contributed by atoms with E-state index in [1.165, 1.54) is 32.4 Å². The lowest BCUT2D eigenvalue weighted by Gasteiger charge is -2.39. The lowest BCUT2D eigenvalue weighted by molar-refractivity contribution is -0.277. The van der Waals surface area contributed by atoms with Crippen LogP contribution in [-0.4, -0.2) is 82.2 Å². The lowest BCUT2D eigenvalue weighted by Crippen LogP contribution is -2.60. The van der Waals surface area contributed by atoms with Crippen LogP contribution in [0.1, 0.15) is 0 Å². The van der Waals surface area contributed by atoms with E-state index in [1.807, 2.05) is 0 Å². The van der Waals surface area contributed by atoms with Crippen molar-refractivity contribution >= 4 is 11.0 Å². The van der Waals surface area contributed by atoms with Gasteiger partial charge in [-0.25, -0.2) is 0 Å². The van der Waals surface area contributed by atoms with Gasteiger partial charge in [-0.1, -0.05) is 0 Å². The van der Waals surface area contributed by atoms with E-state index < -0.39 is 48.5 Å². The Morgan fingerprint density at radius 2 is 1.57 bits per heavy atom. The van der Waals surface area contributed by atoms with Gasteiger partial charge in [0, 0.05) is 23.8 Å². The topological polar surface area (TPSA) is 189 Å². The number of phenolic OH excluding ortho intramolecular Hbond substituents is 2. The molecule has 1 fully saturated rings. The minimum Gasteiger partial charge on any atom is -0.507 e. The van der Waals surface area contributed by atoms with Crippen LogP contribution in [0.25, 0.3) is 22.3 Å². The molecule has 1 aliphatic heterocycles. The quantitative estimate of drug-likeness (QED) is 0.272. The second-order valence-electron chi connectivity index (χ2n) is 7.83. The van der Waals surface area contributed by atoms with Gasteiger partial charge in [0.2, 0.25) is 12.0 Å². The molecule has 0 radical (unpaired) electrons. The van der Waals surface area contributed by atoms with Crippen LogP contribution in [0.3, 0.4) is 0 Å². The molecule has 12 nitrogen and oxygen atoms in total. The molecule has 2 aromatic carbocycles. The van der Waals surface area contributed by atoms with Crippen molar-refractivity contribution in [3.05, 3.63) is 40.6 Å². The molecule has 1 aromatic heterocycles. The molecule has 12 heteroatoms. The Balaban J connectivity index is 1.75. The molecule has 2 unspecified atom stereocenters. The maximum atomic E-state index is 12.8. The molecule has 188 valence electrons. The Labute approximate surface area is 197 Å². The number of aliphatic hydroxyl groups is 4. The van der Waals surface area contributed by atoms with Crippen molar-refractivity contribution in [2.45, 2.75) is 30.7 Å². The van der Waals surface area contributed by atoms with E-state index in [-0.39, 0.29) is 39.7 Å². The van der Waals surface area contributed by atoms with Gasteiger partial charge >= 0.3 is 0 Å². The standard InChI is InChI=1S/C23H24O12/c1-31-15-3-9(4-16(32-2)19(15)27)13-7-12(26)18-11(25)5-10(6-14(18)34-13)33-23-22(30)21(29)20(28)17(8-24)35-23/h3-7,17,20-25,27-30H,8H2,1-2H3/t17?,20-,21+,22?,23-/m1/s1. The van der Waals surface area contributed by atoms with Gasteiger partial charge in [-0.2, -0.15) is 0 Å². The number of benzene rings is 2. The van der Waals surface area contributed by atoms with E-state index >= 15 is 0 Å². The van der Waals surface area contributed by atoms with Gasteiger partial charge in [-0.15, -0.1) is 0 Å². The Bertz CT molecular complexity index is 1260. The second-order valence-corrected chi connectivity index (χ2v) is 7.83. The van der Waals surface area contributed by atoms with E-state index in [0.29, 0.717) is 5.56 Å². The van der Waals surface area contributed by atoms with Crippen LogP contribution in [0.4, 0.5) is 0 Å². The van der Waals surface area contributed by atoms with Crippen molar-refractivity contribution in [1.29, 1.82) is 0 Å². The van der Waals surface area contributed by atoms with E-state index in [4.69, 9.17) is 23.4 Å². The fourth-order valence-electron chi connectivity index (χ4n) is 3.79. The molecule has 0 bridgehead atoms. The lowest BCUT2D eigenvalue weighted by atomic mass is 9.99. The zero-order chi connectivity index (χ0) is 25.4. The van der Waals surface area contributed by atoms with Gasteiger partial charge in [-0.3, -0.25) is 4.79 Å². The summed E-state index contributed by atoms with van der Waals surface area (Å²) in [6.45, 7) is -0.647. The van der Waals surface area contributed by atoms with Crippen LogP contribution >= 0.6 is 0 Å².